The van der Waals surface area contributed by atoms with E-state index in [9.17, 15) is 9.59 Å². The van der Waals surface area contributed by atoms with Crippen molar-refractivity contribution in [2.24, 2.45) is 5.41 Å². The lowest BCUT2D eigenvalue weighted by atomic mass is 9.69. The van der Waals surface area contributed by atoms with Crippen molar-refractivity contribution in [1.29, 1.82) is 0 Å². The Morgan fingerprint density at radius 1 is 1.07 bits per heavy atom. The fraction of sp³-hybridized carbons (Fsp3) is 0.500. The lowest BCUT2D eigenvalue weighted by Gasteiger charge is -2.33. The topological polar surface area (TPSA) is 34.1 Å². The quantitative estimate of drug-likeness (QED) is 0.506. The molecule has 2 nitrogen and oxygen atoms in total. The first-order valence-corrected chi connectivity index (χ1v) is 4.87. The highest BCUT2D eigenvalue weighted by molar-refractivity contribution is 6.02. The number of rotatable bonds is 4. The summed E-state index contributed by atoms with van der Waals surface area (Å²) < 4.78 is 0. The molecule has 0 atom stereocenters. The van der Waals surface area contributed by atoms with Gasteiger partial charge in [0, 0.05) is 12.8 Å². The van der Waals surface area contributed by atoms with E-state index < -0.39 is 0 Å². The van der Waals surface area contributed by atoms with Crippen molar-refractivity contribution < 1.29 is 9.59 Å². The minimum atomic E-state index is -0.212. The molecule has 0 spiro atoms. The van der Waals surface area contributed by atoms with Gasteiger partial charge >= 0.3 is 0 Å². The molecular weight excluding hydrogens is 176 g/mol. The largest absolute Gasteiger partial charge is 0.299 e. The molecule has 0 amide bonds. The van der Waals surface area contributed by atoms with Crippen LogP contribution in [0.1, 0.15) is 32.1 Å². The lowest BCUT2D eigenvalue weighted by molar-refractivity contribution is -0.134. The summed E-state index contributed by atoms with van der Waals surface area (Å²) in [6, 6.07) is 0. The summed E-state index contributed by atoms with van der Waals surface area (Å²) in [5.74, 6) is 0.120. The third-order valence-corrected chi connectivity index (χ3v) is 2.69. The Balaban J connectivity index is 2.83. The average molecular weight is 192 g/mol. The predicted octanol–water partition coefficient (Wildman–Crippen LogP) is 2.45. The number of carbonyl (C=O) groups is 2. The highest BCUT2D eigenvalue weighted by atomic mass is 16.1. The zero-order valence-corrected chi connectivity index (χ0v) is 8.42. The highest BCUT2D eigenvalue weighted by Gasteiger charge is 2.37. The van der Waals surface area contributed by atoms with Crippen molar-refractivity contribution in [1.82, 2.24) is 0 Å². The van der Waals surface area contributed by atoms with Gasteiger partial charge in [-0.3, -0.25) is 9.59 Å². The van der Waals surface area contributed by atoms with Gasteiger partial charge < -0.3 is 0 Å². The van der Waals surface area contributed by atoms with E-state index in [1.54, 1.807) is 12.2 Å². The highest BCUT2D eigenvalue weighted by Crippen LogP contribution is 2.39. The number of allylic oxidation sites excluding steroid dienone is 2. The molecule has 0 aromatic rings. The van der Waals surface area contributed by atoms with Crippen LogP contribution in [0.25, 0.3) is 0 Å². The number of carbonyl (C=O) groups excluding carboxylic acids is 2. The fourth-order valence-corrected chi connectivity index (χ4v) is 2.23. The first-order chi connectivity index (χ1) is 6.62. The molecule has 1 saturated carbocycles. The monoisotopic (exact) mass is 192 g/mol. The molecule has 2 heteroatoms. The Bertz CT molecular complexity index is 248. The predicted molar refractivity (Wildman–Crippen MR) is 55.9 cm³/mol. The van der Waals surface area contributed by atoms with Crippen LogP contribution < -0.4 is 0 Å². The van der Waals surface area contributed by atoms with Gasteiger partial charge in [-0.15, -0.1) is 13.2 Å². The summed E-state index contributed by atoms with van der Waals surface area (Å²) in [5, 5.41) is 0. The standard InChI is InChI=1S/C12H16O2/c1-3-5-12(6-4-2)8-10(13)7-11(14)9-12/h3-4H,1-2,5-9H2. The van der Waals surface area contributed by atoms with Crippen molar-refractivity contribution in [3.63, 3.8) is 0 Å². The van der Waals surface area contributed by atoms with E-state index >= 15 is 0 Å². The van der Waals surface area contributed by atoms with Gasteiger partial charge in [0.1, 0.15) is 11.6 Å². The van der Waals surface area contributed by atoms with Gasteiger partial charge in [0.05, 0.1) is 6.42 Å². The molecule has 1 aliphatic carbocycles. The Morgan fingerprint density at radius 2 is 1.50 bits per heavy atom. The fourth-order valence-electron chi connectivity index (χ4n) is 2.23. The summed E-state index contributed by atoms with van der Waals surface area (Å²) >= 11 is 0. The van der Waals surface area contributed by atoms with Crippen LogP contribution in [0.4, 0.5) is 0 Å². The summed E-state index contributed by atoms with van der Waals surface area (Å²) in [5.41, 5.74) is -0.212. The van der Waals surface area contributed by atoms with E-state index in [1.165, 1.54) is 0 Å². The summed E-state index contributed by atoms with van der Waals surface area (Å²) in [4.78, 5) is 22.7. The Hall–Kier alpha value is -1.18. The molecule has 0 radical (unpaired) electrons. The third kappa shape index (κ3) is 2.41. The maximum atomic E-state index is 11.3. The minimum absolute atomic E-state index is 0.0601. The van der Waals surface area contributed by atoms with Crippen LogP contribution in [0.3, 0.4) is 0 Å². The van der Waals surface area contributed by atoms with Crippen LogP contribution in [-0.4, -0.2) is 11.6 Å². The summed E-state index contributed by atoms with van der Waals surface area (Å²) in [6.45, 7) is 7.35. The van der Waals surface area contributed by atoms with E-state index in [-0.39, 0.29) is 23.4 Å². The van der Waals surface area contributed by atoms with Crippen LogP contribution >= 0.6 is 0 Å². The van der Waals surface area contributed by atoms with Gasteiger partial charge in [0.2, 0.25) is 0 Å². The summed E-state index contributed by atoms with van der Waals surface area (Å²) in [7, 11) is 0. The van der Waals surface area contributed by atoms with E-state index in [2.05, 4.69) is 13.2 Å². The van der Waals surface area contributed by atoms with E-state index in [1.807, 2.05) is 0 Å². The zero-order chi connectivity index (χ0) is 10.6. The third-order valence-electron chi connectivity index (χ3n) is 2.69. The van der Waals surface area contributed by atoms with Crippen molar-refractivity contribution in [3.05, 3.63) is 25.3 Å². The molecule has 0 bridgehead atoms. The maximum Gasteiger partial charge on any atom is 0.140 e. The number of Topliss-reactive ketones (excluding diaryl/α,β-unsaturated/α-hetero) is 2. The molecule has 0 aromatic heterocycles. The second kappa shape index (κ2) is 4.36. The molecule has 14 heavy (non-hydrogen) atoms. The van der Waals surface area contributed by atoms with Gasteiger partial charge in [-0.25, -0.2) is 0 Å². The number of hydrogen-bond acceptors (Lipinski definition) is 2. The molecule has 0 aliphatic heterocycles. The Kier molecular flexibility index (Phi) is 3.39. The first-order valence-electron chi connectivity index (χ1n) is 4.87. The molecule has 0 saturated heterocycles. The van der Waals surface area contributed by atoms with Crippen LogP contribution in [-0.2, 0) is 9.59 Å². The van der Waals surface area contributed by atoms with Crippen molar-refractivity contribution in [2.45, 2.75) is 32.1 Å². The van der Waals surface area contributed by atoms with E-state index in [4.69, 9.17) is 0 Å². The lowest BCUT2D eigenvalue weighted by Crippen LogP contribution is -2.33. The maximum absolute atomic E-state index is 11.3. The van der Waals surface area contributed by atoms with Gasteiger partial charge in [-0.05, 0) is 18.3 Å². The van der Waals surface area contributed by atoms with Crippen molar-refractivity contribution >= 4 is 11.6 Å². The molecule has 0 heterocycles. The Morgan fingerprint density at radius 3 is 1.86 bits per heavy atom. The van der Waals surface area contributed by atoms with E-state index in [0.29, 0.717) is 12.8 Å². The van der Waals surface area contributed by atoms with Crippen molar-refractivity contribution in [3.8, 4) is 0 Å². The van der Waals surface area contributed by atoms with Gasteiger partial charge in [0.15, 0.2) is 0 Å². The van der Waals surface area contributed by atoms with Crippen LogP contribution in [0.15, 0.2) is 25.3 Å². The van der Waals surface area contributed by atoms with Gasteiger partial charge in [-0.2, -0.15) is 0 Å². The molecule has 0 unspecified atom stereocenters. The molecule has 0 aromatic carbocycles. The number of hydrogen-bond donors (Lipinski definition) is 0. The Labute approximate surface area is 84.7 Å². The SMILES string of the molecule is C=CCC1(CC=C)CC(=O)CC(=O)C1. The molecule has 1 aliphatic rings. The molecule has 1 fully saturated rings. The van der Waals surface area contributed by atoms with Crippen LogP contribution in [0.2, 0.25) is 0 Å². The second-order valence-corrected chi connectivity index (χ2v) is 4.09. The number of ketones is 2. The van der Waals surface area contributed by atoms with Crippen LogP contribution in [0, 0.1) is 5.41 Å². The molecule has 76 valence electrons. The molecule has 0 N–H and O–H groups in total. The minimum Gasteiger partial charge on any atom is -0.299 e. The normalized spacial score (nSPS) is 20.6. The second-order valence-electron chi connectivity index (χ2n) is 4.09. The zero-order valence-electron chi connectivity index (χ0n) is 8.42. The van der Waals surface area contributed by atoms with Gasteiger partial charge in [-0.1, -0.05) is 12.2 Å². The smallest absolute Gasteiger partial charge is 0.140 e. The summed E-state index contributed by atoms with van der Waals surface area (Å²) in [6.07, 6.45) is 6.13. The van der Waals surface area contributed by atoms with E-state index in [0.717, 1.165) is 12.8 Å². The molecule has 1 rings (SSSR count). The molecular formula is C12H16O2. The van der Waals surface area contributed by atoms with Crippen LogP contribution in [0.5, 0.6) is 0 Å². The van der Waals surface area contributed by atoms with Crippen molar-refractivity contribution in [2.75, 3.05) is 0 Å². The van der Waals surface area contributed by atoms with Gasteiger partial charge in [0.25, 0.3) is 0 Å². The first kappa shape index (κ1) is 10.9. The average Bonchev–Trinajstić information content (AvgIpc) is 2.02.